The number of carbonyl (C=O) groups excluding carboxylic acids is 1. The van der Waals surface area contributed by atoms with E-state index in [4.69, 9.17) is 5.73 Å². The Morgan fingerprint density at radius 2 is 1.95 bits per heavy atom. The zero-order valence-corrected chi connectivity index (χ0v) is 11.8. The molecule has 2 heterocycles. The van der Waals surface area contributed by atoms with E-state index < -0.39 is 33.1 Å². The van der Waals surface area contributed by atoms with Crippen LogP contribution in [0.4, 0.5) is 19.0 Å². The first kappa shape index (κ1) is 15.9. The summed E-state index contributed by atoms with van der Waals surface area (Å²) in [5.41, 5.74) is 3.24. The maximum Gasteiger partial charge on any atom is 0.435 e. The number of pyridine rings is 1. The molecule has 11 heteroatoms. The van der Waals surface area contributed by atoms with Gasteiger partial charge in [-0.2, -0.15) is 23.0 Å². The molecule has 0 saturated heterocycles. The predicted molar refractivity (Wildman–Crippen MR) is 69.3 cm³/mol. The van der Waals surface area contributed by atoms with E-state index in [0.29, 0.717) is 4.68 Å². The highest BCUT2D eigenvalue weighted by molar-refractivity contribution is 7.90. The van der Waals surface area contributed by atoms with Gasteiger partial charge in [0.2, 0.25) is 0 Å². The number of anilines is 1. The Bertz CT molecular complexity index is 826. The molecule has 0 unspecified atom stereocenters. The van der Waals surface area contributed by atoms with Gasteiger partial charge in [0, 0.05) is 12.5 Å². The standard InChI is InChI=1S/C11H9F3N4O3S/c1-22(20,21)6-2-3-8(16-4-6)18-10(15)7(5-19)9(17-18)11(12,13)14/h2-5H,15H2,1H3. The summed E-state index contributed by atoms with van der Waals surface area (Å²) >= 11 is 0. The fourth-order valence-corrected chi connectivity index (χ4v) is 2.22. The summed E-state index contributed by atoms with van der Waals surface area (Å²) in [5.74, 6) is -0.689. The number of nitrogens with two attached hydrogens (primary N) is 1. The number of aldehydes is 1. The minimum Gasteiger partial charge on any atom is -0.383 e. The second-order valence-electron chi connectivity index (χ2n) is 4.30. The third-order valence-electron chi connectivity index (χ3n) is 2.71. The average molecular weight is 334 g/mol. The molecule has 22 heavy (non-hydrogen) atoms. The fourth-order valence-electron chi connectivity index (χ4n) is 1.66. The Morgan fingerprint density at radius 1 is 1.32 bits per heavy atom. The van der Waals surface area contributed by atoms with Gasteiger partial charge in [-0.25, -0.2) is 13.4 Å². The highest BCUT2D eigenvalue weighted by atomic mass is 32.2. The minimum absolute atomic E-state index is 0.0491. The predicted octanol–water partition coefficient (Wildman–Crippen LogP) is 1.08. The number of alkyl halides is 3. The molecule has 0 aliphatic carbocycles. The van der Waals surface area contributed by atoms with Crippen molar-refractivity contribution in [1.82, 2.24) is 14.8 Å². The molecule has 0 amide bonds. The van der Waals surface area contributed by atoms with E-state index in [0.717, 1.165) is 24.6 Å². The monoisotopic (exact) mass is 334 g/mol. The zero-order chi connectivity index (χ0) is 16.7. The van der Waals surface area contributed by atoms with Gasteiger partial charge in [0.05, 0.1) is 10.5 Å². The molecule has 0 fully saturated rings. The smallest absolute Gasteiger partial charge is 0.383 e. The van der Waals surface area contributed by atoms with Gasteiger partial charge in [0.1, 0.15) is 5.82 Å². The Labute approximate surface area is 122 Å². The van der Waals surface area contributed by atoms with Crippen LogP contribution >= 0.6 is 0 Å². The van der Waals surface area contributed by atoms with E-state index in [-0.39, 0.29) is 17.0 Å². The number of halogens is 3. The lowest BCUT2D eigenvalue weighted by Gasteiger charge is -2.04. The van der Waals surface area contributed by atoms with E-state index in [1.807, 2.05) is 0 Å². The number of carbonyl (C=O) groups is 1. The molecule has 0 atom stereocenters. The first-order chi connectivity index (χ1) is 10.1. The van der Waals surface area contributed by atoms with Crippen LogP contribution in [-0.4, -0.2) is 35.7 Å². The summed E-state index contributed by atoms with van der Waals surface area (Å²) < 4.78 is 61.6. The first-order valence-corrected chi connectivity index (χ1v) is 7.52. The average Bonchev–Trinajstić information content (AvgIpc) is 2.74. The Morgan fingerprint density at radius 3 is 2.32 bits per heavy atom. The number of sulfone groups is 1. The number of hydrogen-bond donors (Lipinski definition) is 1. The second kappa shape index (κ2) is 5.09. The van der Waals surface area contributed by atoms with Gasteiger partial charge in [-0.3, -0.25) is 4.79 Å². The maximum atomic E-state index is 12.8. The van der Waals surface area contributed by atoms with Crippen molar-refractivity contribution >= 4 is 21.9 Å². The molecule has 2 rings (SSSR count). The third-order valence-corrected chi connectivity index (χ3v) is 3.81. The van der Waals surface area contributed by atoms with Crippen LogP contribution in [0.3, 0.4) is 0 Å². The van der Waals surface area contributed by atoms with Gasteiger partial charge in [0.15, 0.2) is 27.6 Å². The summed E-state index contributed by atoms with van der Waals surface area (Å²) in [5, 5.41) is 3.24. The normalized spacial score (nSPS) is 12.4. The largest absolute Gasteiger partial charge is 0.435 e. The zero-order valence-electron chi connectivity index (χ0n) is 11.0. The SMILES string of the molecule is CS(=O)(=O)c1ccc(-n2nc(C(F)(F)F)c(C=O)c2N)nc1. The highest BCUT2D eigenvalue weighted by Gasteiger charge is 2.39. The molecule has 118 valence electrons. The highest BCUT2D eigenvalue weighted by Crippen LogP contribution is 2.33. The first-order valence-electron chi connectivity index (χ1n) is 5.63. The lowest BCUT2D eigenvalue weighted by atomic mass is 10.2. The summed E-state index contributed by atoms with van der Waals surface area (Å²) in [7, 11) is -3.50. The Balaban J connectivity index is 2.59. The van der Waals surface area contributed by atoms with Crippen molar-refractivity contribution in [1.29, 1.82) is 0 Å². The van der Waals surface area contributed by atoms with Crippen LogP contribution in [0.1, 0.15) is 16.1 Å². The number of rotatable bonds is 3. The van der Waals surface area contributed by atoms with Crippen molar-refractivity contribution in [3.8, 4) is 5.82 Å². The topological polar surface area (TPSA) is 108 Å². The molecule has 0 bridgehead atoms. The Hall–Kier alpha value is -2.43. The molecule has 2 aromatic heterocycles. The van der Waals surface area contributed by atoms with Gasteiger partial charge in [0.25, 0.3) is 0 Å². The van der Waals surface area contributed by atoms with Gasteiger partial charge >= 0.3 is 6.18 Å². The number of nitrogens with zero attached hydrogens (tertiary/aromatic N) is 3. The van der Waals surface area contributed by atoms with Crippen molar-refractivity contribution < 1.29 is 26.4 Å². The van der Waals surface area contributed by atoms with Crippen molar-refractivity contribution in [3.05, 3.63) is 29.6 Å². The van der Waals surface area contributed by atoms with Crippen LogP contribution in [0.25, 0.3) is 5.82 Å². The third kappa shape index (κ3) is 2.79. The number of nitrogen functional groups attached to an aromatic ring is 1. The molecular weight excluding hydrogens is 325 g/mol. The molecule has 2 N–H and O–H groups in total. The molecule has 0 aliphatic heterocycles. The number of aromatic nitrogens is 3. The van der Waals surface area contributed by atoms with Crippen molar-refractivity contribution in [2.45, 2.75) is 11.1 Å². The van der Waals surface area contributed by atoms with Crippen LogP contribution in [0.2, 0.25) is 0 Å². The van der Waals surface area contributed by atoms with Gasteiger partial charge in [-0.15, -0.1) is 0 Å². The quantitative estimate of drug-likeness (QED) is 0.842. The van der Waals surface area contributed by atoms with Crippen molar-refractivity contribution in [3.63, 3.8) is 0 Å². The molecule has 0 radical (unpaired) electrons. The molecule has 0 aromatic carbocycles. The molecule has 7 nitrogen and oxygen atoms in total. The van der Waals surface area contributed by atoms with Crippen molar-refractivity contribution in [2.75, 3.05) is 12.0 Å². The molecule has 0 saturated carbocycles. The van der Waals surface area contributed by atoms with E-state index in [9.17, 15) is 26.4 Å². The lowest BCUT2D eigenvalue weighted by molar-refractivity contribution is -0.141. The molecular formula is C11H9F3N4O3S. The van der Waals surface area contributed by atoms with Gasteiger partial charge in [-0.05, 0) is 12.1 Å². The second-order valence-corrected chi connectivity index (χ2v) is 6.31. The van der Waals surface area contributed by atoms with Gasteiger partial charge in [-0.1, -0.05) is 0 Å². The molecule has 2 aromatic rings. The van der Waals surface area contributed by atoms with Gasteiger partial charge < -0.3 is 5.73 Å². The van der Waals surface area contributed by atoms with E-state index in [1.165, 1.54) is 0 Å². The van der Waals surface area contributed by atoms with Crippen molar-refractivity contribution in [2.24, 2.45) is 0 Å². The van der Waals surface area contributed by atoms with Crippen LogP contribution in [0.15, 0.2) is 23.2 Å². The summed E-state index contributed by atoms with van der Waals surface area (Å²) in [6, 6.07) is 2.28. The van der Waals surface area contributed by atoms with Crippen LogP contribution in [-0.2, 0) is 16.0 Å². The van der Waals surface area contributed by atoms with Crippen LogP contribution < -0.4 is 5.73 Å². The minimum atomic E-state index is -4.86. The lowest BCUT2D eigenvalue weighted by Crippen LogP contribution is -2.10. The fraction of sp³-hybridized carbons (Fsp3) is 0.182. The summed E-state index contributed by atoms with van der Waals surface area (Å²) in [6.07, 6.45) is -2.99. The van der Waals surface area contributed by atoms with Crippen LogP contribution in [0.5, 0.6) is 0 Å². The van der Waals surface area contributed by atoms with E-state index >= 15 is 0 Å². The summed E-state index contributed by atoms with van der Waals surface area (Å²) in [6.45, 7) is 0. The van der Waals surface area contributed by atoms with E-state index in [1.54, 1.807) is 0 Å². The summed E-state index contributed by atoms with van der Waals surface area (Å²) in [4.78, 5) is 14.4. The Kier molecular flexibility index (Phi) is 3.69. The molecule has 0 spiro atoms. The molecule has 0 aliphatic rings. The number of hydrogen-bond acceptors (Lipinski definition) is 6. The van der Waals surface area contributed by atoms with E-state index in [2.05, 4.69) is 10.1 Å². The van der Waals surface area contributed by atoms with Crippen LogP contribution in [0, 0.1) is 0 Å². The maximum absolute atomic E-state index is 12.8.